The summed E-state index contributed by atoms with van der Waals surface area (Å²) in [5, 5.41) is 0. The van der Waals surface area contributed by atoms with Gasteiger partial charge in [-0.2, -0.15) is 0 Å². The molecule has 84 valence electrons. The number of likely N-dealkylation sites (tertiary alicyclic amines) is 1. The van der Waals surface area contributed by atoms with Crippen molar-refractivity contribution in [1.82, 2.24) is 9.80 Å². The molecule has 1 saturated heterocycles. The first-order valence-electron chi connectivity index (χ1n) is 5.87. The minimum absolute atomic E-state index is 0.855. The first-order valence-corrected chi connectivity index (χ1v) is 5.87. The summed E-state index contributed by atoms with van der Waals surface area (Å²) >= 11 is 0. The highest BCUT2D eigenvalue weighted by molar-refractivity contribution is 4.76. The summed E-state index contributed by atoms with van der Waals surface area (Å²) in [5.74, 6) is 0.868. The lowest BCUT2D eigenvalue weighted by Gasteiger charge is -2.20. The highest BCUT2D eigenvalue weighted by atomic mass is 15.2. The smallest absolute Gasteiger partial charge is 0.0109 e. The van der Waals surface area contributed by atoms with Crippen molar-refractivity contribution in [2.75, 3.05) is 46.3 Å². The molecule has 0 spiro atoms. The van der Waals surface area contributed by atoms with Crippen LogP contribution in [0.3, 0.4) is 0 Å². The van der Waals surface area contributed by atoms with Gasteiger partial charge < -0.3 is 15.5 Å². The highest BCUT2D eigenvalue weighted by Gasteiger charge is 2.21. The predicted octanol–water partition coefficient (Wildman–Crippen LogP) is 0.609. The summed E-state index contributed by atoms with van der Waals surface area (Å²) in [6.07, 6.45) is 2.56. The molecule has 1 atom stereocenters. The summed E-state index contributed by atoms with van der Waals surface area (Å²) in [6, 6.07) is 0. The minimum Gasteiger partial charge on any atom is -0.330 e. The van der Waals surface area contributed by atoms with Crippen molar-refractivity contribution in [3.8, 4) is 0 Å². The van der Waals surface area contributed by atoms with E-state index in [2.05, 4.69) is 23.8 Å². The molecule has 0 aliphatic carbocycles. The molecule has 14 heavy (non-hydrogen) atoms. The molecule has 1 aliphatic heterocycles. The highest BCUT2D eigenvalue weighted by Crippen LogP contribution is 2.18. The summed E-state index contributed by atoms with van der Waals surface area (Å²) < 4.78 is 0. The SMILES string of the molecule is CCN(C)CCN1CCC(CCN)C1. The molecular formula is C11H25N3. The van der Waals surface area contributed by atoms with Crippen LogP contribution in [0.2, 0.25) is 0 Å². The largest absolute Gasteiger partial charge is 0.330 e. The molecule has 1 aliphatic rings. The molecule has 0 aromatic carbocycles. The number of nitrogens with zero attached hydrogens (tertiary/aromatic N) is 2. The van der Waals surface area contributed by atoms with Gasteiger partial charge in [-0.05, 0) is 45.4 Å². The number of nitrogens with two attached hydrogens (primary N) is 1. The van der Waals surface area contributed by atoms with E-state index in [1.54, 1.807) is 0 Å². The lowest BCUT2D eigenvalue weighted by atomic mass is 10.1. The van der Waals surface area contributed by atoms with Crippen molar-refractivity contribution >= 4 is 0 Å². The van der Waals surface area contributed by atoms with Gasteiger partial charge >= 0.3 is 0 Å². The predicted molar refractivity (Wildman–Crippen MR) is 61.4 cm³/mol. The van der Waals surface area contributed by atoms with Gasteiger partial charge in [0, 0.05) is 19.6 Å². The molecule has 0 radical (unpaired) electrons. The normalized spacial score (nSPS) is 23.6. The Balaban J connectivity index is 2.09. The summed E-state index contributed by atoms with van der Waals surface area (Å²) in [4.78, 5) is 4.95. The Hall–Kier alpha value is -0.120. The van der Waals surface area contributed by atoms with E-state index in [9.17, 15) is 0 Å². The molecule has 0 amide bonds. The van der Waals surface area contributed by atoms with Crippen molar-refractivity contribution in [3.63, 3.8) is 0 Å². The van der Waals surface area contributed by atoms with Crippen LogP contribution in [0.4, 0.5) is 0 Å². The molecule has 1 rings (SSSR count). The lowest BCUT2D eigenvalue weighted by molar-refractivity contribution is 0.257. The Morgan fingerprint density at radius 2 is 2.29 bits per heavy atom. The van der Waals surface area contributed by atoms with E-state index in [1.807, 2.05) is 0 Å². The third-order valence-corrected chi connectivity index (χ3v) is 3.28. The summed E-state index contributed by atoms with van der Waals surface area (Å²) in [6.45, 7) is 9.20. The Kier molecular flexibility index (Phi) is 5.45. The van der Waals surface area contributed by atoms with E-state index in [0.29, 0.717) is 0 Å². The van der Waals surface area contributed by atoms with Gasteiger partial charge in [-0.1, -0.05) is 6.92 Å². The molecule has 0 saturated carbocycles. The maximum Gasteiger partial charge on any atom is 0.0109 e. The first-order chi connectivity index (χ1) is 6.76. The minimum atomic E-state index is 0.855. The number of hydrogen-bond acceptors (Lipinski definition) is 3. The molecule has 3 heteroatoms. The summed E-state index contributed by atoms with van der Waals surface area (Å²) in [5.41, 5.74) is 5.57. The second-order valence-corrected chi connectivity index (χ2v) is 4.43. The molecule has 2 N–H and O–H groups in total. The molecule has 1 fully saturated rings. The maximum absolute atomic E-state index is 5.57. The van der Waals surface area contributed by atoms with Gasteiger partial charge in [0.1, 0.15) is 0 Å². The lowest BCUT2D eigenvalue weighted by Crippen LogP contribution is -2.31. The molecule has 1 unspecified atom stereocenters. The second-order valence-electron chi connectivity index (χ2n) is 4.43. The van der Waals surface area contributed by atoms with Crippen LogP contribution < -0.4 is 5.73 Å². The van der Waals surface area contributed by atoms with Crippen molar-refractivity contribution < 1.29 is 0 Å². The van der Waals surface area contributed by atoms with Gasteiger partial charge in [0.25, 0.3) is 0 Å². The third-order valence-electron chi connectivity index (χ3n) is 3.28. The Bertz CT molecular complexity index is 149. The number of hydrogen-bond donors (Lipinski definition) is 1. The molecule has 1 heterocycles. The van der Waals surface area contributed by atoms with Gasteiger partial charge in [-0.3, -0.25) is 0 Å². The average Bonchev–Trinajstić information content (AvgIpc) is 2.63. The standard InChI is InChI=1S/C11H25N3/c1-3-13(2)8-9-14-7-5-11(10-14)4-6-12/h11H,3-10,12H2,1-2H3. The van der Waals surface area contributed by atoms with Crippen LogP contribution in [0.1, 0.15) is 19.8 Å². The van der Waals surface area contributed by atoms with E-state index >= 15 is 0 Å². The van der Waals surface area contributed by atoms with Gasteiger partial charge in [0.05, 0.1) is 0 Å². The van der Waals surface area contributed by atoms with Crippen LogP contribution in [0, 0.1) is 5.92 Å². The van der Waals surface area contributed by atoms with Crippen LogP contribution in [-0.2, 0) is 0 Å². The van der Waals surface area contributed by atoms with E-state index in [-0.39, 0.29) is 0 Å². The second kappa shape index (κ2) is 6.38. The van der Waals surface area contributed by atoms with Crippen molar-refractivity contribution in [2.45, 2.75) is 19.8 Å². The zero-order valence-corrected chi connectivity index (χ0v) is 9.71. The average molecular weight is 199 g/mol. The molecular weight excluding hydrogens is 174 g/mol. The van der Waals surface area contributed by atoms with Crippen LogP contribution in [0.15, 0.2) is 0 Å². The summed E-state index contributed by atoms with van der Waals surface area (Å²) in [7, 11) is 2.19. The Morgan fingerprint density at radius 1 is 1.50 bits per heavy atom. The maximum atomic E-state index is 5.57. The number of rotatable bonds is 6. The zero-order valence-electron chi connectivity index (χ0n) is 9.71. The van der Waals surface area contributed by atoms with Crippen molar-refractivity contribution in [2.24, 2.45) is 11.7 Å². The fourth-order valence-corrected chi connectivity index (χ4v) is 2.06. The van der Waals surface area contributed by atoms with Crippen LogP contribution in [0.25, 0.3) is 0 Å². The molecule has 0 bridgehead atoms. The van der Waals surface area contributed by atoms with Crippen molar-refractivity contribution in [3.05, 3.63) is 0 Å². The van der Waals surface area contributed by atoms with Crippen LogP contribution in [0.5, 0.6) is 0 Å². The monoisotopic (exact) mass is 199 g/mol. The Labute approximate surface area is 88.2 Å². The fraction of sp³-hybridized carbons (Fsp3) is 1.00. The van der Waals surface area contributed by atoms with E-state index in [0.717, 1.165) is 19.0 Å². The van der Waals surface area contributed by atoms with E-state index in [4.69, 9.17) is 5.73 Å². The van der Waals surface area contributed by atoms with E-state index in [1.165, 1.54) is 39.0 Å². The van der Waals surface area contributed by atoms with Crippen molar-refractivity contribution in [1.29, 1.82) is 0 Å². The topological polar surface area (TPSA) is 32.5 Å². The molecule has 0 aromatic rings. The van der Waals surface area contributed by atoms with Gasteiger partial charge in [-0.25, -0.2) is 0 Å². The molecule has 0 aromatic heterocycles. The fourth-order valence-electron chi connectivity index (χ4n) is 2.06. The number of likely N-dealkylation sites (N-methyl/N-ethyl adjacent to an activating group) is 1. The van der Waals surface area contributed by atoms with Gasteiger partial charge in [0.2, 0.25) is 0 Å². The first kappa shape index (κ1) is 12.0. The quantitative estimate of drug-likeness (QED) is 0.680. The van der Waals surface area contributed by atoms with Crippen LogP contribution in [-0.4, -0.2) is 56.1 Å². The van der Waals surface area contributed by atoms with Crippen LogP contribution >= 0.6 is 0 Å². The third kappa shape index (κ3) is 3.95. The Morgan fingerprint density at radius 3 is 2.93 bits per heavy atom. The zero-order chi connectivity index (χ0) is 10.4. The van der Waals surface area contributed by atoms with Gasteiger partial charge in [-0.15, -0.1) is 0 Å². The van der Waals surface area contributed by atoms with E-state index < -0.39 is 0 Å². The van der Waals surface area contributed by atoms with Gasteiger partial charge in [0.15, 0.2) is 0 Å². The molecule has 3 nitrogen and oxygen atoms in total.